The second-order valence-corrected chi connectivity index (χ2v) is 5.80. The number of rotatable bonds is 6. The van der Waals surface area contributed by atoms with Crippen LogP contribution in [0.25, 0.3) is 0 Å². The lowest BCUT2D eigenvalue weighted by Crippen LogP contribution is -2.38. The van der Waals surface area contributed by atoms with Gasteiger partial charge in [0, 0.05) is 20.1 Å². The first-order chi connectivity index (χ1) is 11.8. The smallest absolute Gasteiger partial charge is 0.231 e. The van der Waals surface area contributed by atoms with Crippen LogP contribution in [0.1, 0.15) is 18.4 Å². The number of nitrogens with one attached hydrogen (secondary N) is 2. The maximum absolute atomic E-state index is 5.41. The predicted octanol–water partition coefficient (Wildman–Crippen LogP) is 1.86. The molecule has 1 aromatic rings. The van der Waals surface area contributed by atoms with E-state index in [4.69, 9.17) is 14.2 Å². The minimum atomic E-state index is 0.316. The second kappa shape index (κ2) is 8.59. The van der Waals surface area contributed by atoms with Crippen molar-refractivity contribution in [3.05, 3.63) is 35.4 Å². The zero-order valence-electron chi connectivity index (χ0n) is 14.1. The van der Waals surface area contributed by atoms with E-state index in [1.165, 1.54) is 11.1 Å². The van der Waals surface area contributed by atoms with Crippen LogP contribution in [0.2, 0.25) is 0 Å². The number of hydrogen-bond donors (Lipinski definition) is 2. The molecule has 2 heterocycles. The molecule has 0 spiro atoms. The van der Waals surface area contributed by atoms with E-state index >= 15 is 0 Å². The van der Waals surface area contributed by atoms with Crippen molar-refractivity contribution in [3.8, 4) is 11.5 Å². The first-order valence-corrected chi connectivity index (χ1v) is 8.44. The number of fused-ring (bicyclic) bond motifs is 1. The van der Waals surface area contributed by atoms with Crippen LogP contribution in [-0.2, 0) is 11.2 Å². The summed E-state index contributed by atoms with van der Waals surface area (Å²) in [5.74, 6) is 2.50. The quantitative estimate of drug-likeness (QED) is 0.473. The van der Waals surface area contributed by atoms with Gasteiger partial charge in [0.15, 0.2) is 17.5 Å². The van der Waals surface area contributed by atoms with Gasteiger partial charge in [-0.1, -0.05) is 17.7 Å². The Morgan fingerprint density at radius 3 is 2.75 bits per heavy atom. The summed E-state index contributed by atoms with van der Waals surface area (Å²) in [6.07, 6.45) is 5.16. The average Bonchev–Trinajstić information content (AvgIpc) is 3.09. The molecule has 3 rings (SSSR count). The monoisotopic (exact) mass is 331 g/mol. The highest BCUT2D eigenvalue weighted by molar-refractivity contribution is 5.79. The zero-order valence-corrected chi connectivity index (χ0v) is 14.1. The highest BCUT2D eigenvalue weighted by Gasteiger charge is 2.13. The van der Waals surface area contributed by atoms with Crippen molar-refractivity contribution in [1.29, 1.82) is 0 Å². The molecule has 0 aliphatic carbocycles. The van der Waals surface area contributed by atoms with Gasteiger partial charge in [-0.2, -0.15) is 0 Å². The SMILES string of the molecule is CN=C(NCCC1=CCOCC1)NCCc1ccc2c(c1)OCO2. The van der Waals surface area contributed by atoms with Crippen LogP contribution in [0.3, 0.4) is 0 Å². The molecule has 2 aliphatic heterocycles. The molecule has 0 saturated carbocycles. The van der Waals surface area contributed by atoms with Crippen LogP contribution in [0.4, 0.5) is 0 Å². The van der Waals surface area contributed by atoms with Gasteiger partial charge in [-0.3, -0.25) is 4.99 Å². The third-order valence-electron chi connectivity index (χ3n) is 4.16. The summed E-state index contributed by atoms with van der Waals surface area (Å²) in [6, 6.07) is 6.08. The summed E-state index contributed by atoms with van der Waals surface area (Å²) in [6.45, 7) is 3.60. The molecular weight excluding hydrogens is 306 g/mol. The molecule has 0 unspecified atom stereocenters. The summed E-state index contributed by atoms with van der Waals surface area (Å²) in [7, 11) is 1.80. The number of guanidine groups is 1. The lowest BCUT2D eigenvalue weighted by molar-refractivity contribution is 0.153. The summed E-state index contributed by atoms with van der Waals surface area (Å²) < 4.78 is 16.1. The second-order valence-electron chi connectivity index (χ2n) is 5.80. The maximum atomic E-state index is 5.41. The number of benzene rings is 1. The molecule has 2 aliphatic rings. The van der Waals surface area contributed by atoms with E-state index in [-0.39, 0.29) is 0 Å². The van der Waals surface area contributed by atoms with Crippen LogP contribution < -0.4 is 20.1 Å². The number of hydrogen-bond acceptors (Lipinski definition) is 4. The molecule has 0 amide bonds. The molecule has 0 bridgehead atoms. The van der Waals surface area contributed by atoms with Crippen molar-refractivity contribution < 1.29 is 14.2 Å². The van der Waals surface area contributed by atoms with Crippen LogP contribution in [0, 0.1) is 0 Å². The van der Waals surface area contributed by atoms with E-state index in [1.54, 1.807) is 7.05 Å². The van der Waals surface area contributed by atoms with Crippen molar-refractivity contribution in [2.75, 3.05) is 40.1 Å². The summed E-state index contributed by atoms with van der Waals surface area (Å²) in [4.78, 5) is 4.27. The van der Waals surface area contributed by atoms with Crippen LogP contribution in [-0.4, -0.2) is 46.1 Å². The van der Waals surface area contributed by atoms with E-state index in [0.29, 0.717) is 6.79 Å². The first-order valence-electron chi connectivity index (χ1n) is 8.44. The lowest BCUT2D eigenvalue weighted by atomic mass is 10.1. The van der Waals surface area contributed by atoms with Gasteiger partial charge in [-0.05, 0) is 37.0 Å². The Bertz CT molecular complexity index is 614. The maximum Gasteiger partial charge on any atom is 0.231 e. The van der Waals surface area contributed by atoms with Gasteiger partial charge in [-0.15, -0.1) is 0 Å². The Hall–Kier alpha value is -2.21. The van der Waals surface area contributed by atoms with Gasteiger partial charge in [0.05, 0.1) is 13.2 Å². The summed E-state index contributed by atoms with van der Waals surface area (Å²) in [5, 5.41) is 6.70. The molecule has 6 heteroatoms. The Morgan fingerprint density at radius 2 is 1.96 bits per heavy atom. The summed E-state index contributed by atoms with van der Waals surface area (Å²) in [5.41, 5.74) is 2.68. The molecule has 0 atom stereocenters. The normalized spacial score (nSPS) is 16.7. The van der Waals surface area contributed by atoms with Crippen molar-refractivity contribution in [2.24, 2.45) is 4.99 Å². The number of nitrogens with zero attached hydrogens (tertiary/aromatic N) is 1. The van der Waals surface area contributed by atoms with Gasteiger partial charge in [0.1, 0.15) is 0 Å². The van der Waals surface area contributed by atoms with Crippen molar-refractivity contribution in [1.82, 2.24) is 10.6 Å². The molecule has 1 aromatic carbocycles. The van der Waals surface area contributed by atoms with Crippen LogP contribution in [0.5, 0.6) is 11.5 Å². The largest absolute Gasteiger partial charge is 0.454 e. The van der Waals surface area contributed by atoms with Gasteiger partial charge >= 0.3 is 0 Å². The molecule has 2 N–H and O–H groups in total. The van der Waals surface area contributed by atoms with E-state index in [2.05, 4.69) is 27.8 Å². The van der Waals surface area contributed by atoms with E-state index < -0.39 is 0 Å². The standard InChI is InChI=1S/C18H25N3O3/c1-19-18(20-8-4-14-6-10-22-11-7-14)21-9-5-15-2-3-16-17(12-15)24-13-23-16/h2-3,6,12H,4-5,7-11,13H2,1H3,(H2,19,20,21). The molecule has 6 nitrogen and oxygen atoms in total. The molecule has 0 saturated heterocycles. The van der Waals surface area contributed by atoms with Gasteiger partial charge in [0.2, 0.25) is 6.79 Å². The Labute approximate surface area is 142 Å². The number of aliphatic imine (C=N–C) groups is 1. The molecule has 0 radical (unpaired) electrons. The van der Waals surface area contributed by atoms with Crippen molar-refractivity contribution in [2.45, 2.75) is 19.3 Å². The zero-order chi connectivity index (χ0) is 16.6. The summed E-state index contributed by atoms with van der Waals surface area (Å²) >= 11 is 0. The van der Waals surface area contributed by atoms with Crippen LogP contribution >= 0.6 is 0 Å². The van der Waals surface area contributed by atoms with Gasteiger partial charge in [-0.25, -0.2) is 0 Å². The van der Waals surface area contributed by atoms with Crippen molar-refractivity contribution in [3.63, 3.8) is 0 Å². The number of ether oxygens (including phenoxy) is 3. The van der Waals surface area contributed by atoms with Gasteiger partial charge in [0.25, 0.3) is 0 Å². The molecule has 130 valence electrons. The fourth-order valence-electron chi connectivity index (χ4n) is 2.78. The molecular formula is C18H25N3O3. The highest BCUT2D eigenvalue weighted by Crippen LogP contribution is 2.32. The van der Waals surface area contributed by atoms with Gasteiger partial charge < -0.3 is 24.8 Å². The topological polar surface area (TPSA) is 64.1 Å². The Balaban J connectivity index is 1.37. The third-order valence-corrected chi connectivity index (χ3v) is 4.16. The highest BCUT2D eigenvalue weighted by atomic mass is 16.7. The Morgan fingerprint density at radius 1 is 1.12 bits per heavy atom. The fourth-order valence-corrected chi connectivity index (χ4v) is 2.78. The van der Waals surface area contributed by atoms with E-state index in [9.17, 15) is 0 Å². The first kappa shape index (κ1) is 16.6. The average molecular weight is 331 g/mol. The predicted molar refractivity (Wildman–Crippen MR) is 93.8 cm³/mol. The molecule has 24 heavy (non-hydrogen) atoms. The minimum Gasteiger partial charge on any atom is -0.454 e. The third kappa shape index (κ3) is 4.64. The lowest BCUT2D eigenvalue weighted by Gasteiger charge is -2.15. The fraction of sp³-hybridized carbons (Fsp3) is 0.500. The molecule has 0 fully saturated rings. The van der Waals surface area contributed by atoms with E-state index in [1.807, 2.05) is 12.1 Å². The van der Waals surface area contributed by atoms with Crippen molar-refractivity contribution >= 4 is 5.96 Å². The van der Waals surface area contributed by atoms with E-state index in [0.717, 1.165) is 63.0 Å². The minimum absolute atomic E-state index is 0.316. The Kier molecular flexibility index (Phi) is 5.96. The van der Waals surface area contributed by atoms with Crippen LogP contribution in [0.15, 0.2) is 34.8 Å². The molecule has 0 aromatic heterocycles.